The molecule has 0 radical (unpaired) electrons. The third kappa shape index (κ3) is 5.26. The number of nitrogens with zero attached hydrogens (tertiary/aromatic N) is 2. The summed E-state index contributed by atoms with van der Waals surface area (Å²) >= 11 is 0. The highest BCUT2D eigenvalue weighted by molar-refractivity contribution is 5.61. The van der Waals surface area contributed by atoms with Crippen LogP contribution >= 0.6 is 0 Å². The monoisotopic (exact) mass is 364 g/mol. The normalized spacial score (nSPS) is 11.3. The molecule has 0 aliphatic carbocycles. The molecule has 3 rings (SSSR count). The van der Waals surface area contributed by atoms with Crippen LogP contribution in [0.2, 0.25) is 0 Å². The van der Waals surface area contributed by atoms with Crippen LogP contribution in [0, 0.1) is 5.82 Å². The van der Waals surface area contributed by atoms with Gasteiger partial charge in [-0.3, -0.25) is 0 Å². The van der Waals surface area contributed by atoms with Crippen LogP contribution in [0.4, 0.5) is 21.8 Å². The standard InChI is InChI=1S/C22H25FN4/c1-22(2,3)18-6-4-5-7-19(18)26-21-25-15-13-20(27-21)24-14-12-16-8-10-17(23)11-9-16/h4-11,13,15H,12,14H2,1-3H3,(H2,24,25,26,27). The molecule has 27 heavy (non-hydrogen) atoms. The summed E-state index contributed by atoms with van der Waals surface area (Å²) in [5, 5.41) is 6.62. The number of hydrogen-bond acceptors (Lipinski definition) is 4. The maximum Gasteiger partial charge on any atom is 0.229 e. The van der Waals surface area contributed by atoms with E-state index in [-0.39, 0.29) is 11.2 Å². The SMILES string of the molecule is CC(C)(C)c1ccccc1Nc1nccc(NCCc2ccc(F)cc2)n1. The van der Waals surface area contributed by atoms with Gasteiger partial charge in [-0.25, -0.2) is 9.37 Å². The van der Waals surface area contributed by atoms with E-state index in [9.17, 15) is 4.39 Å². The fraction of sp³-hybridized carbons (Fsp3) is 0.273. The molecule has 0 spiro atoms. The van der Waals surface area contributed by atoms with Crippen LogP contribution in [0.5, 0.6) is 0 Å². The second-order valence-electron chi connectivity index (χ2n) is 7.49. The minimum atomic E-state index is -0.214. The Morgan fingerprint density at radius 2 is 1.70 bits per heavy atom. The highest BCUT2D eigenvalue weighted by atomic mass is 19.1. The van der Waals surface area contributed by atoms with Crippen molar-refractivity contribution in [2.75, 3.05) is 17.2 Å². The lowest BCUT2D eigenvalue weighted by atomic mass is 9.86. The minimum Gasteiger partial charge on any atom is -0.370 e. The van der Waals surface area contributed by atoms with Gasteiger partial charge in [-0.15, -0.1) is 0 Å². The lowest BCUT2D eigenvalue weighted by molar-refractivity contribution is 0.592. The second-order valence-corrected chi connectivity index (χ2v) is 7.49. The third-order valence-corrected chi connectivity index (χ3v) is 4.27. The third-order valence-electron chi connectivity index (χ3n) is 4.27. The topological polar surface area (TPSA) is 49.8 Å². The Hall–Kier alpha value is -2.95. The van der Waals surface area contributed by atoms with Gasteiger partial charge < -0.3 is 10.6 Å². The van der Waals surface area contributed by atoms with Crippen LogP contribution in [-0.2, 0) is 11.8 Å². The van der Waals surface area contributed by atoms with E-state index >= 15 is 0 Å². The Morgan fingerprint density at radius 1 is 0.963 bits per heavy atom. The predicted molar refractivity (Wildman–Crippen MR) is 109 cm³/mol. The molecule has 2 aromatic carbocycles. The molecule has 0 aliphatic rings. The summed E-state index contributed by atoms with van der Waals surface area (Å²) in [4.78, 5) is 8.87. The first-order valence-electron chi connectivity index (χ1n) is 9.10. The van der Waals surface area contributed by atoms with Gasteiger partial charge in [0.25, 0.3) is 0 Å². The second kappa shape index (κ2) is 8.16. The summed E-state index contributed by atoms with van der Waals surface area (Å²) in [5.74, 6) is 1.09. The molecule has 0 atom stereocenters. The lowest BCUT2D eigenvalue weighted by Gasteiger charge is -2.23. The van der Waals surface area contributed by atoms with E-state index < -0.39 is 0 Å². The molecule has 1 aromatic heterocycles. The van der Waals surface area contributed by atoms with Gasteiger partial charge in [-0.1, -0.05) is 51.1 Å². The zero-order chi connectivity index (χ0) is 19.3. The highest BCUT2D eigenvalue weighted by Gasteiger charge is 2.17. The van der Waals surface area contributed by atoms with Gasteiger partial charge in [-0.05, 0) is 47.2 Å². The molecule has 0 aliphatic heterocycles. The van der Waals surface area contributed by atoms with Crippen LogP contribution in [-0.4, -0.2) is 16.5 Å². The molecule has 0 amide bonds. The summed E-state index contributed by atoms with van der Waals surface area (Å²) in [5.41, 5.74) is 3.32. The van der Waals surface area contributed by atoms with Gasteiger partial charge in [0.05, 0.1) is 0 Å². The van der Waals surface area contributed by atoms with Crippen molar-refractivity contribution in [1.82, 2.24) is 9.97 Å². The molecular formula is C22H25FN4. The van der Waals surface area contributed by atoms with Gasteiger partial charge in [0, 0.05) is 18.4 Å². The molecule has 0 fully saturated rings. The Balaban J connectivity index is 1.65. The van der Waals surface area contributed by atoms with Crippen molar-refractivity contribution < 1.29 is 4.39 Å². The summed E-state index contributed by atoms with van der Waals surface area (Å²) in [7, 11) is 0. The molecule has 0 bridgehead atoms. The van der Waals surface area contributed by atoms with Crippen molar-refractivity contribution in [3.8, 4) is 0 Å². The maximum atomic E-state index is 13.0. The highest BCUT2D eigenvalue weighted by Crippen LogP contribution is 2.30. The zero-order valence-corrected chi connectivity index (χ0v) is 16.0. The molecular weight excluding hydrogens is 339 g/mol. The largest absolute Gasteiger partial charge is 0.370 e. The average Bonchev–Trinajstić information content (AvgIpc) is 2.63. The van der Waals surface area contributed by atoms with Crippen LogP contribution in [0.25, 0.3) is 0 Å². The first-order valence-corrected chi connectivity index (χ1v) is 9.10. The Labute approximate surface area is 159 Å². The number of aromatic nitrogens is 2. The lowest BCUT2D eigenvalue weighted by Crippen LogP contribution is -2.14. The van der Waals surface area contributed by atoms with E-state index in [2.05, 4.69) is 47.4 Å². The van der Waals surface area contributed by atoms with E-state index in [4.69, 9.17) is 0 Å². The molecule has 0 saturated carbocycles. The van der Waals surface area contributed by atoms with Crippen LogP contribution < -0.4 is 10.6 Å². The van der Waals surface area contributed by atoms with Gasteiger partial charge in [0.15, 0.2) is 0 Å². The Bertz CT molecular complexity index is 885. The van der Waals surface area contributed by atoms with Gasteiger partial charge in [0.1, 0.15) is 11.6 Å². The number of benzene rings is 2. The van der Waals surface area contributed by atoms with E-state index in [1.165, 1.54) is 17.7 Å². The molecule has 140 valence electrons. The van der Waals surface area contributed by atoms with Gasteiger partial charge in [-0.2, -0.15) is 4.98 Å². The number of hydrogen-bond donors (Lipinski definition) is 2. The quantitative estimate of drug-likeness (QED) is 0.622. The Morgan fingerprint density at radius 3 is 2.44 bits per heavy atom. The van der Waals surface area contributed by atoms with E-state index in [0.29, 0.717) is 12.5 Å². The van der Waals surface area contributed by atoms with Crippen molar-refractivity contribution in [2.45, 2.75) is 32.6 Å². The summed E-state index contributed by atoms with van der Waals surface area (Å²) in [6.45, 7) is 7.26. The number of para-hydroxylation sites is 1. The fourth-order valence-corrected chi connectivity index (χ4v) is 2.87. The minimum absolute atomic E-state index is 0.0224. The van der Waals surface area contributed by atoms with Gasteiger partial charge >= 0.3 is 0 Å². The number of rotatable bonds is 6. The molecule has 2 N–H and O–H groups in total. The molecule has 0 unspecified atom stereocenters. The Kier molecular flexibility index (Phi) is 5.69. The average molecular weight is 364 g/mol. The van der Waals surface area contributed by atoms with Crippen LogP contribution in [0.3, 0.4) is 0 Å². The zero-order valence-electron chi connectivity index (χ0n) is 16.0. The number of nitrogens with one attached hydrogen (secondary N) is 2. The smallest absolute Gasteiger partial charge is 0.229 e. The molecule has 4 nitrogen and oxygen atoms in total. The van der Waals surface area contributed by atoms with Crippen molar-refractivity contribution in [3.63, 3.8) is 0 Å². The van der Waals surface area contributed by atoms with Crippen LogP contribution in [0.15, 0.2) is 60.8 Å². The predicted octanol–water partition coefficient (Wildman–Crippen LogP) is 5.31. The summed E-state index contributed by atoms with van der Waals surface area (Å²) in [6.07, 6.45) is 2.52. The first-order chi connectivity index (χ1) is 12.9. The van der Waals surface area contributed by atoms with Crippen molar-refractivity contribution in [1.29, 1.82) is 0 Å². The van der Waals surface area contributed by atoms with E-state index in [1.54, 1.807) is 18.3 Å². The number of anilines is 3. The summed E-state index contributed by atoms with van der Waals surface area (Å²) in [6, 6.07) is 16.6. The molecule has 5 heteroatoms. The fourth-order valence-electron chi connectivity index (χ4n) is 2.87. The summed E-state index contributed by atoms with van der Waals surface area (Å²) < 4.78 is 13.0. The molecule has 3 aromatic rings. The van der Waals surface area contributed by atoms with Crippen molar-refractivity contribution >= 4 is 17.5 Å². The van der Waals surface area contributed by atoms with Crippen LogP contribution in [0.1, 0.15) is 31.9 Å². The first kappa shape index (κ1) is 18.8. The van der Waals surface area contributed by atoms with E-state index in [0.717, 1.165) is 23.5 Å². The van der Waals surface area contributed by atoms with Crippen molar-refractivity contribution in [3.05, 3.63) is 77.7 Å². The van der Waals surface area contributed by atoms with Gasteiger partial charge in [0.2, 0.25) is 5.95 Å². The van der Waals surface area contributed by atoms with Crippen molar-refractivity contribution in [2.24, 2.45) is 0 Å². The van der Waals surface area contributed by atoms with E-state index in [1.807, 2.05) is 24.3 Å². The molecule has 1 heterocycles. The molecule has 0 saturated heterocycles. The maximum absolute atomic E-state index is 13.0. The number of halogens is 1.